The van der Waals surface area contributed by atoms with Gasteiger partial charge in [-0.1, -0.05) is 12.1 Å². The third-order valence-electron chi connectivity index (χ3n) is 3.26. The number of nitrogens with zero attached hydrogens (tertiary/aromatic N) is 1. The Morgan fingerprint density at radius 1 is 1.22 bits per heavy atom. The molecule has 126 valence electrons. The number of rotatable bonds is 6. The lowest BCUT2D eigenvalue weighted by molar-refractivity contribution is 0.321. The summed E-state index contributed by atoms with van der Waals surface area (Å²) in [6.45, 7) is 6.28. The maximum absolute atomic E-state index is 5.71. The van der Waals surface area contributed by atoms with Crippen molar-refractivity contribution in [3.05, 3.63) is 51.7 Å². The standard InChI is InChI=1S/C17H23N3OS.HI/c1-13-5-4-6-15(11-13)21-9-8-19-17(18-3)20-12-16-14(2)7-10-22-16;/h4-7,10-11H,8-9,12H2,1-3H3,(H2,18,19,20);1H. The van der Waals surface area contributed by atoms with Crippen LogP contribution in [0.5, 0.6) is 5.75 Å². The largest absolute Gasteiger partial charge is 0.492 e. The zero-order valence-corrected chi connectivity index (χ0v) is 16.9. The lowest BCUT2D eigenvalue weighted by Crippen LogP contribution is -2.38. The summed E-state index contributed by atoms with van der Waals surface area (Å²) in [6, 6.07) is 10.2. The van der Waals surface area contributed by atoms with Crippen LogP contribution in [0.2, 0.25) is 0 Å². The highest BCUT2D eigenvalue weighted by Crippen LogP contribution is 2.14. The first-order chi connectivity index (χ1) is 10.7. The van der Waals surface area contributed by atoms with Crippen LogP contribution in [0.3, 0.4) is 0 Å². The predicted molar refractivity (Wildman–Crippen MR) is 109 cm³/mol. The van der Waals surface area contributed by atoms with Crippen LogP contribution >= 0.6 is 35.3 Å². The number of hydrogen-bond donors (Lipinski definition) is 2. The molecule has 1 aromatic heterocycles. The van der Waals surface area contributed by atoms with Crippen molar-refractivity contribution in [1.82, 2.24) is 10.6 Å². The summed E-state index contributed by atoms with van der Waals surface area (Å²) in [7, 11) is 1.78. The smallest absolute Gasteiger partial charge is 0.191 e. The SMILES string of the molecule is CN=C(NCCOc1cccc(C)c1)NCc1sccc1C.I. The van der Waals surface area contributed by atoms with Gasteiger partial charge in [0.05, 0.1) is 13.1 Å². The van der Waals surface area contributed by atoms with Gasteiger partial charge in [0.25, 0.3) is 0 Å². The Morgan fingerprint density at radius 2 is 2.04 bits per heavy atom. The molecule has 0 aliphatic carbocycles. The van der Waals surface area contributed by atoms with Crippen LogP contribution in [-0.4, -0.2) is 26.2 Å². The molecule has 23 heavy (non-hydrogen) atoms. The van der Waals surface area contributed by atoms with Crippen molar-refractivity contribution in [3.63, 3.8) is 0 Å². The Kier molecular flexibility index (Phi) is 9.01. The Bertz CT molecular complexity index is 628. The van der Waals surface area contributed by atoms with Crippen molar-refractivity contribution in [2.24, 2.45) is 4.99 Å². The van der Waals surface area contributed by atoms with E-state index in [4.69, 9.17) is 4.74 Å². The molecular formula is C17H24IN3OS. The summed E-state index contributed by atoms with van der Waals surface area (Å²) in [5.74, 6) is 1.69. The number of thiophene rings is 1. The van der Waals surface area contributed by atoms with Crippen molar-refractivity contribution in [1.29, 1.82) is 0 Å². The lowest BCUT2D eigenvalue weighted by atomic mass is 10.2. The summed E-state index contributed by atoms with van der Waals surface area (Å²) in [4.78, 5) is 5.55. The highest BCUT2D eigenvalue weighted by atomic mass is 127. The molecule has 0 fully saturated rings. The van der Waals surface area contributed by atoms with Gasteiger partial charge in [-0.2, -0.15) is 0 Å². The van der Waals surface area contributed by atoms with Gasteiger partial charge in [-0.05, 0) is 48.6 Å². The molecule has 1 aromatic carbocycles. The van der Waals surface area contributed by atoms with Crippen LogP contribution in [0.15, 0.2) is 40.7 Å². The summed E-state index contributed by atoms with van der Waals surface area (Å²) in [5, 5.41) is 8.68. The van der Waals surface area contributed by atoms with Crippen molar-refractivity contribution in [3.8, 4) is 5.75 Å². The molecule has 0 unspecified atom stereocenters. The van der Waals surface area contributed by atoms with Crippen molar-refractivity contribution in [2.75, 3.05) is 20.2 Å². The van der Waals surface area contributed by atoms with Crippen LogP contribution < -0.4 is 15.4 Å². The van der Waals surface area contributed by atoms with Crippen LogP contribution in [0, 0.1) is 13.8 Å². The first-order valence-electron chi connectivity index (χ1n) is 7.36. The third-order valence-corrected chi connectivity index (χ3v) is 4.28. The monoisotopic (exact) mass is 445 g/mol. The van der Waals surface area contributed by atoms with Crippen LogP contribution in [0.25, 0.3) is 0 Å². The van der Waals surface area contributed by atoms with Gasteiger partial charge in [0.2, 0.25) is 0 Å². The summed E-state index contributed by atoms with van der Waals surface area (Å²) >= 11 is 1.76. The van der Waals surface area contributed by atoms with E-state index in [0.717, 1.165) is 18.3 Å². The molecule has 2 N–H and O–H groups in total. The fourth-order valence-corrected chi connectivity index (χ4v) is 2.86. The van der Waals surface area contributed by atoms with Gasteiger partial charge in [-0.15, -0.1) is 35.3 Å². The zero-order chi connectivity index (χ0) is 15.8. The van der Waals surface area contributed by atoms with Crippen LogP contribution in [-0.2, 0) is 6.54 Å². The van der Waals surface area contributed by atoms with E-state index < -0.39 is 0 Å². The van der Waals surface area contributed by atoms with Gasteiger partial charge >= 0.3 is 0 Å². The molecule has 0 bridgehead atoms. The molecular weight excluding hydrogens is 421 g/mol. The quantitative estimate of drug-likeness (QED) is 0.308. The van der Waals surface area contributed by atoms with Crippen molar-refractivity contribution < 1.29 is 4.74 Å². The molecule has 0 spiro atoms. The van der Waals surface area contributed by atoms with E-state index in [9.17, 15) is 0 Å². The Balaban J connectivity index is 0.00000264. The van der Waals surface area contributed by atoms with E-state index in [1.807, 2.05) is 18.2 Å². The topological polar surface area (TPSA) is 45.7 Å². The first-order valence-corrected chi connectivity index (χ1v) is 8.24. The van der Waals surface area contributed by atoms with Gasteiger partial charge in [-0.3, -0.25) is 4.99 Å². The minimum absolute atomic E-state index is 0. The van der Waals surface area contributed by atoms with Crippen LogP contribution in [0.1, 0.15) is 16.0 Å². The number of hydrogen-bond acceptors (Lipinski definition) is 3. The number of aliphatic imine (C=N–C) groups is 1. The first kappa shape index (κ1) is 19.8. The lowest BCUT2D eigenvalue weighted by Gasteiger charge is -2.12. The third kappa shape index (κ3) is 6.78. The number of nitrogens with one attached hydrogen (secondary N) is 2. The summed E-state index contributed by atoms with van der Waals surface area (Å²) in [6.07, 6.45) is 0. The molecule has 0 radical (unpaired) electrons. The highest BCUT2D eigenvalue weighted by molar-refractivity contribution is 14.0. The molecule has 0 amide bonds. The van der Waals surface area contributed by atoms with Crippen molar-refractivity contribution >= 4 is 41.3 Å². The fourth-order valence-electron chi connectivity index (χ4n) is 2.01. The molecule has 4 nitrogen and oxygen atoms in total. The summed E-state index contributed by atoms with van der Waals surface area (Å²) < 4.78 is 5.71. The van der Waals surface area contributed by atoms with Crippen LogP contribution in [0.4, 0.5) is 0 Å². The Morgan fingerprint density at radius 3 is 2.70 bits per heavy atom. The van der Waals surface area contributed by atoms with E-state index in [2.05, 4.69) is 47.0 Å². The normalized spacial score (nSPS) is 10.8. The number of halogens is 1. The van der Waals surface area contributed by atoms with Gasteiger partial charge in [0.1, 0.15) is 12.4 Å². The predicted octanol–water partition coefficient (Wildman–Crippen LogP) is 3.73. The average molecular weight is 445 g/mol. The zero-order valence-electron chi connectivity index (χ0n) is 13.8. The van der Waals surface area contributed by atoms with E-state index in [1.54, 1.807) is 18.4 Å². The summed E-state index contributed by atoms with van der Waals surface area (Å²) in [5.41, 5.74) is 2.52. The maximum atomic E-state index is 5.71. The van der Waals surface area contributed by atoms with Gasteiger partial charge in [-0.25, -0.2) is 0 Å². The Hall–Kier alpha value is -1.28. The van der Waals surface area contributed by atoms with Gasteiger partial charge in [0.15, 0.2) is 5.96 Å². The number of ether oxygens (including phenoxy) is 1. The number of guanidine groups is 1. The van der Waals surface area contributed by atoms with E-state index >= 15 is 0 Å². The maximum Gasteiger partial charge on any atom is 0.191 e. The van der Waals surface area contributed by atoms with Crippen molar-refractivity contribution in [2.45, 2.75) is 20.4 Å². The minimum atomic E-state index is 0. The van der Waals surface area contributed by atoms with E-state index in [0.29, 0.717) is 13.2 Å². The molecule has 2 rings (SSSR count). The average Bonchev–Trinajstić information content (AvgIpc) is 2.92. The molecule has 0 saturated carbocycles. The molecule has 0 saturated heterocycles. The molecule has 6 heteroatoms. The van der Waals surface area contributed by atoms with Gasteiger partial charge in [0, 0.05) is 11.9 Å². The molecule has 0 atom stereocenters. The fraction of sp³-hybridized carbons (Fsp3) is 0.353. The van der Waals surface area contributed by atoms with Gasteiger partial charge < -0.3 is 15.4 Å². The second-order valence-electron chi connectivity index (χ2n) is 5.04. The highest BCUT2D eigenvalue weighted by Gasteiger charge is 2.02. The molecule has 0 aliphatic heterocycles. The Labute approximate surface area is 159 Å². The van der Waals surface area contributed by atoms with E-state index in [1.165, 1.54) is 16.0 Å². The second kappa shape index (κ2) is 10.5. The number of benzene rings is 1. The van der Waals surface area contributed by atoms with E-state index in [-0.39, 0.29) is 24.0 Å². The molecule has 2 aromatic rings. The second-order valence-corrected chi connectivity index (χ2v) is 6.04. The molecule has 1 heterocycles. The number of aryl methyl sites for hydroxylation is 2. The molecule has 0 aliphatic rings. The minimum Gasteiger partial charge on any atom is -0.492 e.